The molecule has 1 unspecified atom stereocenters. The average molecular weight is 395 g/mol. The van der Waals surface area contributed by atoms with Gasteiger partial charge in [0.15, 0.2) is 0 Å². The summed E-state index contributed by atoms with van der Waals surface area (Å²) in [4.78, 5) is 0. The van der Waals surface area contributed by atoms with Gasteiger partial charge in [0.1, 0.15) is 11.6 Å². The number of benzene rings is 2. The van der Waals surface area contributed by atoms with Crippen molar-refractivity contribution < 1.29 is 8.78 Å². The van der Waals surface area contributed by atoms with Crippen LogP contribution in [-0.4, -0.2) is 7.05 Å². The number of rotatable bonds is 4. The summed E-state index contributed by atoms with van der Waals surface area (Å²) >= 11 is 15.3. The van der Waals surface area contributed by atoms with Crippen LogP contribution in [0.5, 0.6) is 0 Å². The van der Waals surface area contributed by atoms with Gasteiger partial charge in [-0.15, -0.1) is 0 Å². The first-order valence-electron chi connectivity index (χ1n) is 6.19. The molecule has 112 valence electrons. The highest BCUT2D eigenvalue weighted by Crippen LogP contribution is 2.32. The molecule has 0 saturated carbocycles. The van der Waals surface area contributed by atoms with Gasteiger partial charge in [-0.1, -0.05) is 29.3 Å². The Morgan fingerprint density at radius 2 is 1.76 bits per heavy atom. The lowest BCUT2D eigenvalue weighted by atomic mass is 9.98. The summed E-state index contributed by atoms with van der Waals surface area (Å²) in [7, 11) is 1.63. The molecule has 0 aromatic heterocycles. The molecule has 2 rings (SSSR count). The highest BCUT2D eigenvalue weighted by Gasteiger charge is 2.22. The van der Waals surface area contributed by atoms with Crippen molar-refractivity contribution in [2.24, 2.45) is 0 Å². The van der Waals surface area contributed by atoms with Crippen molar-refractivity contribution in [3.8, 4) is 0 Å². The van der Waals surface area contributed by atoms with Gasteiger partial charge in [-0.05, 0) is 59.2 Å². The zero-order valence-corrected chi connectivity index (χ0v) is 14.2. The Kier molecular flexibility index (Phi) is 5.60. The van der Waals surface area contributed by atoms with Gasteiger partial charge in [-0.2, -0.15) is 0 Å². The molecule has 0 amide bonds. The lowest BCUT2D eigenvalue weighted by molar-refractivity contribution is 0.487. The van der Waals surface area contributed by atoms with Crippen LogP contribution < -0.4 is 5.32 Å². The van der Waals surface area contributed by atoms with Crippen LogP contribution >= 0.6 is 39.1 Å². The van der Waals surface area contributed by atoms with Crippen molar-refractivity contribution in [1.82, 2.24) is 5.32 Å². The number of halogens is 5. The van der Waals surface area contributed by atoms with Gasteiger partial charge in [0.05, 0.1) is 4.47 Å². The molecule has 6 heteroatoms. The Hall–Kier alpha value is -0.680. The molecule has 2 aromatic carbocycles. The Bertz CT molecular complexity index is 644. The van der Waals surface area contributed by atoms with E-state index >= 15 is 0 Å². The van der Waals surface area contributed by atoms with E-state index in [-0.39, 0.29) is 16.5 Å². The number of nitrogens with one attached hydrogen (secondary N) is 1. The summed E-state index contributed by atoms with van der Waals surface area (Å²) in [6.07, 6.45) is 0.277. The van der Waals surface area contributed by atoms with Crippen LogP contribution in [0, 0.1) is 11.6 Å². The molecule has 0 saturated heterocycles. The number of hydrogen-bond donors (Lipinski definition) is 1. The smallest absolute Gasteiger partial charge is 0.145 e. The zero-order valence-electron chi connectivity index (χ0n) is 11.1. The van der Waals surface area contributed by atoms with E-state index in [0.717, 1.165) is 0 Å². The lowest BCUT2D eigenvalue weighted by Gasteiger charge is -2.20. The standard InChI is InChI=1S/C15H12BrCl2F2N/c1-21-13(7-8-10(17)3-2-4-11(8)18)14-12(19)6-5-9(16)15(14)20/h2-6,13,21H,7H2,1H3. The maximum Gasteiger partial charge on any atom is 0.145 e. The first-order chi connectivity index (χ1) is 9.95. The van der Waals surface area contributed by atoms with E-state index in [1.807, 2.05) is 0 Å². The predicted molar refractivity (Wildman–Crippen MR) is 86.0 cm³/mol. The highest BCUT2D eigenvalue weighted by molar-refractivity contribution is 9.10. The van der Waals surface area contributed by atoms with Crippen molar-refractivity contribution >= 4 is 39.1 Å². The summed E-state index contributed by atoms with van der Waals surface area (Å²) in [5.41, 5.74) is 0.613. The van der Waals surface area contributed by atoms with Gasteiger partial charge in [0, 0.05) is 21.7 Å². The SMILES string of the molecule is CNC(Cc1c(Cl)cccc1Cl)c1c(F)ccc(Br)c1F. The molecular weight excluding hydrogens is 383 g/mol. The minimum Gasteiger partial charge on any atom is -0.313 e. The van der Waals surface area contributed by atoms with Gasteiger partial charge in [-0.25, -0.2) is 8.78 Å². The summed E-state index contributed by atoms with van der Waals surface area (Å²) in [5.74, 6) is -1.24. The normalized spacial score (nSPS) is 12.5. The maximum absolute atomic E-state index is 14.2. The molecule has 0 aliphatic rings. The summed E-state index contributed by atoms with van der Waals surface area (Å²) in [6, 6.07) is 7.10. The Morgan fingerprint density at radius 1 is 1.14 bits per heavy atom. The fraction of sp³-hybridized carbons (Fsp3) is 0.200. The summed E-state index contributed by atoms with van der Waals surface area (Å²) < 4.78 is 28.4. The molecule has 0 spiro atoms. The third-order valence-corrected chi connectivity index (χ3v) is 4.57. The van der Waals surface area contributed by atoms with Crippen LogP contribution in [0.2, 0.25) is 10.0 Å². The second kappa shape index (κ2) is 7.05. The van der Waals surface area contributed by atoms with Crippen LogP contribution in [-0.2, 0) is 6.42 Å². The van der Waals surface area contributed by atoms with Gasteiger partial charge >= 0.3 is 0 Å². The average Bonchev–Trinajstić information content (AvgIpc) is 2.45. The van der Waals surface area contributed by atoms with E-state index in [0.29, 0.717) is 15.6 Å². The predicted octanol–water partition coefficient (Wildman–Crippen LogP) is 5.54. The van der Waals surface area contributed by atoms with Crippen molar-refractivity contribution in [3.63, 3.8) is 0 Å². The van der Waals surface area contributed by atoms with Crippen LogP contribution in [0.4, 0.5) is 8.78 Å². The first-order valence-corrected chi connectivity index (χ1v) is 7.74. The minimum atomic E-state index is -0.627. The molecule has 0 radical (unpaired) electrons. The first kappa shape index (κ1) is 16.7. The molecule has 1 N–H and O–H groups in total. The van der Waals surface area contributed by atoms with Crippen LogP contribution in [0.25, 0.3) is 0 Å². The quantitative estimate of drug-likeness (QED) is 0.671. The van der Waals surface area contributed by atoms with Crippen LogP contribution in [0.3, 0.4) is 0 Å². The molecule has 0 aliphatic heterocycles. The van der Waals surface area contributed by atoms with Gasteiger partial charge in [0.25, 0.3) is 0 Å². The molecule has 0 bridgehead atoms. The van der Waals surface area contributed by atoms with Gasteiger partial charge < -0.3 is 5.32 Å². The van der Waals surface area contributed by atoms with Crippen molar-refractivity contribution in [2.75, 3.05) is 7.05 Å². The van der Waals surface area contributed by atoms with Gasteiger partial charge in [-0.3, -0.25) is 0 Å². The molecule has 1 atom stereocenters. The second-order valence-electron chi connectivity index (χ2n) is 4.50. The summed E-state index contributed by atoms with van der Waals surface area (Å²) in [5, 5.41) is 3.85. The fourth-order valence-electron chi connectivity index (χ4n) is 2.14. The summed E-state index contributed by atoms with van der Waals surface area (Å²) in [6.45, 7) is 0. The van der Waals surface area contributed by atoms with E-state index in [2.05, 4.69) is 21.2 Å². The van der Waals surface area contributed by atoms with E-state index in [1.165, 1.54) is 12.1 Å². The Labute approximate surface area is 140 Å². The highest BCUT2D eigenvalue weighted by atomic mass is 79.9. The van der Waals surface area contributed by atoms with E-state index in [9.17, 15) is 8.78 Å². The van der Waals surface area contributed by atoms with E-state index in [4.69, 9.17) is 23.2 Å². The second-order valence-corrected chi connectivity index (χ2v) is 6.17. The van der Waals surface area contributed by atoms with E-state index in [1.54, 1.807) is 25.2 Å². The van der Waals surface area contributed by atoms with Gasteiger partial charge in [0.2, 0.25) is 0 Å². The topological polar surface area (TPSA) is 12.0 Å². The Balaban J connectivity index is 2.44. The molecule has 0 heterocycles. The fourth-order valence-corrected chi connectivity index (χ4v) is 3.04. The number of likely N-dealkylation sites (N-methyl/N-ethyl adjacent to an activating group) is 1. The maximum atomic E-state index is 14.2. The van der Waals surface area contributed by atoms with Crippen molar-refractivity contribution in [3.05, 3.63) is 67.6 Å². The monoisotopic (exact) mass is 393 g/mol. The number of hydrogen-bond acceptors (Lipinski definition) is 1. The largest absolute Gasteiger partial charge is 0.313 e. The Morgan fingerprint density at radius 3 is 2.33 bits per heavy atom. The molecule has 2 aromatic rings. The van der Waals surface area contributed by atoms with E-state index < -0.39 is 17.7 Å². The molecule has 21 heavy (non-hydrogen) atoms. The third-order valence-electron chi connectivity index (χ3n) is 3.25. The van der Waals surface area contributed by atoms with Crippen LogP contribution in [0.1, 0.15) is 17.2 Å². The molecular formula is C15H12BrCl2F2N. The van der Waals surface area contributed by atoms with Crippen molar-refractivity contribution in [1.29, 1.82) is 0 Å². The zero-order chi connectivity index (χ0) is 15.6. The van der Waals surface area contributed by atoms with Crippen LogP contribution in [0.15, 0.2) is 34.8 Å². The van der Waals surface area contributed by atoms with Crippen molar-refractivity contribution in [2.45, 2.75) is 12.5 Å². The third kappa shape index (κ3) is 3.57. The minimum absolute atomic E-state index is 0.0390. The molecule has 0 fully saturated rings. The molecule has 0 aliphatic carbocycles. The molecule has 1 nitrogen and oxygen atoms in total. The lowest BCUT2D eigenvalue weighted by Crippen LogP contribution is -2.22.